The summed E-state index contributed by atoms with van der Waals surface area (Å²) < 4.78 is 25.3. The van der Waals surface area contributed by atoms with Gasteiger partial charge in [0.2, 0.25) is 12.5 Å². The van der Waals surface area contributed by atoms with E-state index in [0.29, 0.717) is 11.3 Å². The highest BCUT2D eigenvalue weighted by molar-refractivity contribution is 9.10. The maximum atomic E-state index is 14.2. The van der Waals surface area contributed by atoms with Gasteiger partial charge in [-0.15, -0.1) is 0 Å². The fourth-order valence-electron chi connectivity index (χ4n) is 2.26. The second-order valence-corrected chi connectivity index (χ2v) is 4.86. The molecule has 1 unspecified atom stereocenters. The smallest absolute Gasteiger partial charge is 0.231 e. The zero-order chi connectivity index (χ0) is 11.1. The van der Waals surface area contributed by atoms with Crippen molar-refractivity contribution in [1.29, 1.82) is 0 Å². The van der Waals surface area contributed by atoms with Crippen molar-refractivity contribution in [1.82, 2.24) is 5.32 Å². The Bertz CT molecular complexity index is 432. The summed E-state index contributed by atoms with van der Waals surface area (Å²) in [6.45, 7) is 1.85. The third-order valence-corrected chi connectivity index (χ3v) is 3.72. The molecule has 86 valence electrons. The van der Waals surface area contributed by atoms with Gasteiger partial charge in [0.05, 0.1) is 0 Å². The maximum absolute atomic E-state index is 14.2. The molecular weight excluding hydrogens is 277 g/mol. The Labute approximate surface area is 101 Å². The average molecular weight is 288 g/mol. The first-order chi connectivity index (χ1) is 7.77. The van der Waals surface area contributed by atoms with Crippen LogP contribution in [0.25, 0.3) is 0 Å². The van der Waals surface area contributed by atoms with Gasteiger partial charge in [-0.3, -0.25) is 0 Å². The molecule has 1 aromatic carbocycles. The van der Waals surface area contributed by atoms with Crippen LogP contribution < -0.4 is 14.8 Å². The minimum atomic E-state index is -0.282. The normalized spacial score (nSPS) is 22.8. The van der Waals surface area contributed by atoms with Gasteiger partial charge in [-0.25, -0.2) is 4.39 Å². The molecule has 1 fully saturated rings. The third kappa shape index (κ3) is 1.50. The van der Waals surface area contributed by atoms with Crippen molar-refractivity contribution in [3.8, 4) is 11.5 Å². The molecule has 0 saturated carbocycles. The number of fused-ring (bicyclic) bond motifs is 1. The lowest BCUT2D eigenvalue weighted by atomic mass is 9.97. The first kappa shape index (κ1) is 10.4. The van der Waals surface area contributed by atoms with Gasteiger partial charge in [0.25, 0.3) is 0 Å². The largest absolute Gasteiger partial charge is 0.453 e. The van der Waals surface area contributed by atoms with Gasteiger partial charge < -0.3 is 14.8 Å². The van der Waals surface area contributed by atoms with Crippen LogP contribution in [0.4, 0.5) is 4.39 Å². The van der Waals surface area contributed by atoms with E-state index in [0.717, 1.165) is 24.0 Å². The van der Waals surface area contributed by atoms with E-state index in [-0.39, 0.29) is 24.3 Å². The van der Waals surface area contributed by atoms with Crippen LogP contribution in [0, 0.1) is 5.82 Å². The molecule has 2 aliphatic rings. The van der Waals surface area contributed by atoms with Crippen molar-refractivity contribution < 1.29 is 13.9 Å². The fourth-order valence-corrected chi connectivity index (χ4v) is 2.97. The van der Waals surface area contributed by atoms with Crippen LogP contribution in [0.5, 0.6) is 11.5 Å². The Morgan fingerprint density at radius 2 is 2.31 bits per heavy atom. The predicted molar refractivity (Wildman–Crippen MR) is 60.5 cm³/mol. The summed E-state index contributed by atoms with van der Waals surface area (Å²) >= 11 is 3.41. The summed E-state index contributed by atoms with van der Waals surface area (Å²) in [6, 6.07) is 1.79. The molecule has 1 N–H and O–H groups in total. The van der Waals surface area contributed by atoms with Gasteiger partial charge in [-0.2, -0.15) is 0 Å². The Morgan fingerprint density at radius 3 is 3.06 bits per heavy atom. The zero-order valence-corrected chi connectivity index (χ0v) is 10.1. The van der Waals surface area contributed by atoms with Crippen LogP contribution in [0.3, 0.4) is 0 Å². The SMILES string of the molecule is Fc1c2c(cc(Br)c1C1CCNC1)OCO2. The quantitative estimate of drug-likeness (QED) is 0.860. The van der Waals surface area contributed by atoms with Crippen LogP contribution in [0.1, 0.15) is 17.9 Å². The molecule has 0 amide bonds. The van der Waals surface area contributed by atoms with E-state index in [1.165, 1.54) is 0 Å². The number of nitrogens with one attached hydrogen (secondary N) is 1. The molecule has 2 heterocycles. The summed E-state index contributed by atoms with van der Waals surface area (Å²) in [5.41, 5.74) is 0.703. The van der Waals surface area contributed by atoms with Crippen molar-refractivity contribution in [2.45, 2.75) is 12.3 Å². The highest BCUT2D eigenvalue weighted by atomic mass is 79.9. The van der Waals surface area contributed by atoms with Gasteiger partial charge in [-0.05, 0) is 19.0 Å². The monoisotopic (exact) mass is 287 g/mol. The molecule has 1 aromatic rings. The van der Waals surface area contributed by atoms with E-state index >= 15 is 0 Å². The molecule has 0 radical (unpaired) electrons. The Kier molecular flexibility index (Phi) is 2.52. The standard InChI is InChI=1S/C11H11BrFNO2/c12-7-3-8-11(16-5-15-8)10(13)9(7)6-1-2-14-4-6/h3,6,14H,1-2,4-5H2. The second kappa shape index (κ2) is 3.89. The summed E-state index contributed by atoms with van der Waals surface area (Å²) in [7, 11) is 0. The van der Waals surface area contributed by atoms with Crippen molar-refractivity contribution in [2.24, 2.45) is 0 Å². The fraction of sp³-hybridized carbons (Fsp3) is 0.455. The van der Waals surface area contributed by atoms with E-state index in [1.807, 2.05) is 0 Å². The number of hydrogen-bond donors (Lipinski definition) is 1. The van der Waals surface area contributed by atoms with Crippen LogP contribution in [0.2, 0.25) is 0 Å². The summed E-state index contributed by atoms with van der Waals surface area (Å²) in [4.78, 5) is 0. The lowest BCUT2D eigenvalue weighted by molar-refractivity contribution is 0.170. The van der Waals surface area contributed by atoms with E-state index in [4.69, 9.17) is 9.47 Å². The van der Waals surface area contributed by atoms with Gasteiger partial charge in [-0.1, -0.05) is 15.9 Å². The molecule has 0 aromatic heterocycles. The molecular formula is C11H11BrFNO2. The van der Waals surface area contributed by atoms with E-state index in [1.54, 1.807) is 6.07 Å². The van der Waals surface area contributed by atoms with Crippen molar-refractivity contribution >= 4 is 15.9 Å². The van der Waals surface area contributed by atoms with Crippen LogP contribution in [0.15, 0.2) is 10.5 Å². The molecule has 2 aliphatic heterocycles. The molecule has 3 nitrogen and oxygen atoms in total. The molecule has 0 bridgehead atoms. The highest BCUT2D eigenvalue weighted by Crippen LogP contribution is 2.43. The minimum Gasteiger partial charge on any atom is -0.453 e. The Morgan fingerprint density at radius 1 is 1.44 bits per heavy atom. The third-order valence-electron chi connectivity index (χ3n) is 3.06. The van der Waals surface area contributed by atoms with Crippen molar-refractivity contribution in [3.05, 3.63) is 21.9 Å². The maximum Gasteiger partial charge on any atom is 0.231 e. The first-order valence-corrected chi connectivity index (χ1v) is 6.05. The van der Waals surface area contributed by atoms with Gasteiger partial charge >= 0.3 is 0 Å². The van der Waals surface area contributed by atoms with E-state index in [2.05, 4.69) is 21.2 Å². The second-order valence-electron chi connectivity index (χ2n) is 4.01. The van der Waals surface area contributed by atoms with Crippen LogP contribution in [-0.4, -0.2) is 19.9 Å². The summed E-state index contributed by atoms with van der Waals surface area (Å²) in [5.74, 6) is 0.670. The number of rotatable bonds is 1. The Hall–Kier alpha value is -0.810. The van der Waals surface area contributed by atoms with Gasteiger partial charge in [0.15, 0.2) is 11.6 Å². The number of ether oxygens (including phenoxy) is 2. The number of benzene rings is 1. The van der Waals surface area contributed by atoms with Crippen molar-refractivity contribution in [3.63, 3.8) is 0 Å². The minimum absolute atomic E-state index is 0.102. The van der Waals surface area contributed by atoms with Crippen LogP contribution >= 0.6 is 15.9 Å². The Balaban J connectivity index is 2.10. The van der Waals surface area contributed by atoms with E-state index < -0.39 is 0 Å². The molecule has 1 atom stereocenters. The summed E-state index contributed by atoms with van der Waals surface area (Å²) in [5, 5.41) is 3.23. The highest BCUT2D eigenvalue weighted by Gasteiger charge is 2.29. The van der Waals surface area contributed by atoms with Gasteiger partial charge in [0, 0.05) is 22.5 Å². The number of halogens is 2. The van der Waals surface area contributed by atoms with E-state index in [9.17, 15) is 4.39 Å². The lowest BCUT2D eigenvalue weighted by Crippen LogP contribution is -2.09. The zero-order valence-electron chi connectivity index (χ0n) is 8.56. The lowest BCUT2D eigenvalue weighted by Gasteiger charge is -2.13. The molecule has 0 aliphatic carbocycles. The van der Waals surface area contributed by atoms with Crippen LogP contribution in [-0.2, 0) is 0 Å². The topological polar surface area (TPSA) is 30.5 Å². The summed E-state index contributed by atoms with van der Waals surface area (Å²) in [6.07, 6.45) is 0.954. The van der Waals surface area contributed by atoms with Gasteiger partial charge in [0.1, 0.15) is 0 Å². The molecule has 3 rings (SSSR count). The predicted octanol–water partition coefficient (Wildman–Crippen LogP) is 2.39. The van der Waals surface area contributed by atoms with Crippen molar-refractivity contribution in [2.75, 3.05) is 19.9 Å². The average Bonchev–Trinajstić information content (AvgIpc) is 2.87. The molecule has 16 heavy (non-hydrogen) atoms. The molecule has 5 heteroatoms. The molecule has 0 spiro atoms. The number of hydrogen-bond acceptors (Lipinski definition) is 3. The molecule has 1 saturated heterocycles. The first-order valence-electron chi connectivity index (χ1n) is 5.25.